The van der Waals surface area contributed by atoms with Crippen molar-refractivity contribution in [2.75, 3.05) is 0 Å². The van der Waals surface area contributed by atoms with Gasteiger partial charge in [0.05, 0.1) is 5.69 Å². The highest BCUT2D eigenvalue weighted by Crippen LogP contribution is 2.27. The Hall–Kier alpha value is -2.28. The third-order valence-corrected chi connectivity index (χ3v) is 4.35. The van der Waals surface area contributed by atoms with Crippen LogP contribution in [0.4, 0.5) is 0 Å². The summed E-state index contributed by atoms with van der Waals surface area (Å²) < 4.78 is 0. The van der Waals surface area contributed by atoms with Crippen molar-refractivity contribution in [1.29, 1.82) is 0 Å². The maximum absolute atomic E-state index is 12.3. The van der Waals surface area contributed by atoms with Crippen molar-refractivity contribution in [3.8, 4) is 10.6 Å². The molecule has 0 aliphatic rings. The second-order valence-corrected chi connectivity index (χ2v) is 6.20. The summed E-state index contributed by atoms with van der Waals surface area (Å²) in [5, 5.41) is 12.4. The Morgan fingerprint density at radius 3 is 2.45 bits per heavy atom. The number of rotatable bonds is 5. The molecule has 0 bridgehead atoms. The molecule has 1 unspecified atom stereocenters. The highest BCUT2D eigenvalue weighted by atomic mass is 32.1. The fraction of sp³-hybridized carbons (Fsp3) is 0.333. The van der Waals surface area contributed by atoms with E-state index < -0.39 is 17.9 Å². The summed E-state index contributed by atoms with van der Waals surface area (Å²) in [4.78, 5) is 32.3. The van der Waals surface area contributed by atoms with Gasteiger partial charge in [0, 0.05) is 18.0 Å². The molecule has 2 aromatic heterocycles. The SMILES string of the molecule is Cc1nc(-c2ccncc2)sc1C(=O)NC(C(=O)O)C(C)C. The van der Waals surface area contributed by atoms with Crippen LogP contribution in [0.25, 0.3) is 10.6 Å². The molecule has 1 atom stereocenters. The van der Waals surface area contributed by atoms with E-state index in [1.165, 1.54) is 11.3 Å². The number of nitrogens with one attached hydrogen (secondary N) is 1. The summed E-state index contributed by atoms with van der Waals surface area (Å²) in [6.07, 6.45) is 3.32. The molecule has 1 amide bonds. The van der Waals surface area contributed by atoms with Crippen molar-refractivity contribution < 1.29 is 14.7 Å². The summed E-state index contributed by atoms with van der Waals surface area (Å²) in [6.45, 7) is 5.24. The molecule has 0 saturated heterocycles. The van der Waals surface area contributed by atoms with Crippen LogP contribution in [0.3, 0.4) is 0 Å². The van der Waals surface area contributed by atoms with Crippen LogP contribution in [-0.2, 0) is 4.79 Å². The molecular weight excluding hydrogens is 302 g/mol. The van der Waals surface area contributed by atoms with Crippen LogP contribution in [0.15, 0.2) is 24.5 Å². The molecule has 22 heavy (non-hydrogen) atoms. The van der Waals surface area contributed by atoms with Crippen LogP contribution < -0.4 is 5.32 Å². The maximum Gasteiger partial charge on any atom is 0.326 e. The first-order valence-electron chi connectivity index (χ1n) is 6.81. The van der Waals surface area contributed by atoms with Gasteiger partial charge in [-0.1, -0.05) is 13.8 Å². The van der Waals surface area contributed by atoms with Crippen LogP contribution in [0.5, 0.6) is 0 Å². The Morgan fingerprint density at radius 1 is 1.27 bits per heavy atom. The average Bonchev–Trinajstić information content (AvgIpc) is 2.87. The molecule has 116 valence electrons. The minimum Gasteiger partial charge on any atom is -0.480 e. The lowest BCUT2D eigenvalue weighted by molar-refractivity contribution is -0.140. The second kappa shape index (κ2) is 6.65. The molecule has 0 radical (unpaired) electrons. The molecule has 6 nitrogen and oxygen atoms in total. The molecule has 7 heteroatoms. The van der Waals surface area contributed by atoms with E-state index in [2.05, 4.69) is 15.3 Å². The number of amides is 1. The molecule has 2 aromatic rings. The van der Waals surface area contributed by atoms with E-state index in [0.29, 0.717) is 15.6 Å². The lowest BCUT2D eigenvalue weighted by Crippen LogP contribution is -2.44. The minimum atomic E-state index is -1.04. The molecule has 0 aliphatic heterocycles. The smallest absolute Gasteiger partial charge is 0.326 e. The van der Waals surface area contributed by atoms with Crippen molar-refractivity contribution in [2.45, 2.75) is 26.8 Å². The van der Waals surface area contributed by atoms with Gasteiger partial charge in [-0.3, -0.25) is 9.78 Å². The van der Waals surface area contributed by atoms with Crippen LogP contribution in [0.1, 0.15) is 29.2 Å². The van der Waals surface area contributed by atoms with E-state index in [1.807, 2.05) is 12.1 Å². The van der Waals surface area contributed by atoms with Gasteiger partial charge in [0.15, 0.2) is 0 Å². The standard InChI is InChI=1S/C15H17N3O3S/c1-8(2)11(15(20)21)18-13(19)12-9(3)17-14(22-12)10-4-6-16-7-5-10/h4-8,11H,1-3H3,(H,18,19)(H,20,21). The number of aliphatic carboxylic acids is 1. The van der Waals surface area contributed by atoms with Crippen LogP contribution >= 0.6 is 11.3 Å². The number of carbonyl (C=O) groups excluding carboxylic acids is 1. The molecule has 0 spiro atoms. The molecular formula is C15H17N3O3S. The number of hydrogen-bond acceptors (Lipinski definition) is 5. The summed E-state index contributed by atoms with van der Waals surface area (Å²) in [6, 6.07) is 2.71. The quantitative estimate of drug-likeness (QED) is 0.882. The number of hydrogen-bond donors (Lipinski definition) is 2. The van der Waals surface area contributed by atoms with Crippen molar-refractivity contribution in [2.24, 2.45) is 5.92 Å². The van der Waals surface area contributed by atoms with E-state index in [-0.39, 0.29) is 5.92 Å². The zero-order chi connectivity index (χ0) is 16.3. The number of carboxylic acids is 1. The molecule has 0 aromatic carbocycles. The fourth-order valence-corrected chi connectivity index (χ4v) is 2.92. The van der Waals surface area contributed by atoms with Gasteiger partial charge in [-0.25, -0.2) is 9.78 Å². The molecule has 0 saturated carbocycles. The van der Waals surface area contributed by atoms with Gasteiger partial charge in [-0.05, 0) is 25.0 Å². The van der Waals surface area contributed by atoms with E-state index in [4.69, 9.17) is 5.11 Å². The van der Waals surface area contributed by atoms with Crippen LogP contribution in [0, 0.1) is 12.8 Å². The Morgan fingerprint density at radius 2 is 1.91 bits per heavy atom. The highest BCUT2D eigenvalue weighted by molar-refractivity contribution is 7.17. The van der Waals surface area contributed by atoms with Gasteiger partial charge in [-0.2, -0.15) is 0 Å². The topological polar surface area (TPSA) is 92.2 Å². The zero-order valence-corrected chi connectivity index (χ0v) is 13.3. The number of carbonyl (C=O) groups is 2. The lowest BCUT2D eigenvalue weighted by Gasteiger charge is -2.17. The van der Waals surface area contributed by atoms with E-state index >= 15 is 0 Å². The Balaban J connectivity index is 2.24. The minimum absolute atomic E-state index is 0.200. The molecule has 0 fully saturated rings. The third-order valence-electron chi connectivity index (χ3n) is 3.15. The highest BCUT2D eigenvalue weighted by Gasteiger charge is 2.26. The normalized spacial score (nSPS) is 12.2. The first kappa shape index (κ1) is 16.1. The lowest BCUT2D eigenvalue weighted by atomic mass is 10.0. The van der Waals surface area contributed by atoms with Gasteiger partial charge < -0.3 is 10.4 Å². The summed E-state index contributed by atoms with van der Waals surface area (Å²) in [7, 11) is 0. The van der Waals surface area contributed by atoms with Gasteiger partial charge in [0.25, 0.3) is 5.91 Å². The third kappa shape index (κ3) is 3.48. The second-order valence-electron chi connectivity index (χ2n) is 5.20. The van der Waals surface area contributed by atoms with Gasteiger partial charge in [0.2, 0.25) is 0 Å². The Bertz CT molecular complexity index is 683. The van der Waals surface area contributed by atoms with Crippen molar-refractivity contribution in [3.63, 3.8) is 0 Å². The average molecular weight is 319 g/mol. The first-order valence-corrected chi connectivity index (χ1v) is 7.63. The Kier molecular flexibility index (Phi) is 4.87. The first-order chi connectivity index (χ1) is 10.4. The zero-order valence-electron chi connectivity index (χ0n) is 12.5. The van der Waals surface area contributed by atoms with Crippen molar-refractivity contribution >= 4 is 23.2 Å². The maximum atomic E-state index is 12.3. The van der Waals surface area contributed by atoms with E-state index in [1.54, 1.807) is 33.2 Å². The van der Waals surface area contributed by atoms with Gasteiger partial charge >= 0.3 is 5.97 Å². The molecule has 2 N–H and O–H groups in total. The fourth-order valence-electron chi connectivity index (χ4n) is 1.95. The molecule has 2 heterocycles. The number of pyridine rings is 1. The van der Waals surface area contributed by atoms with Crippen molar-refractivity contribution in [3.05, 3.63) is 35.1 Å². The largest absolute Gasteiger partial charge is 0.480 e. The molecule has 2 rings (SSSR count). The van der Waals surface area contributed by atoms with Crippen LogP contribution in [0.2, 0.25) is 0 Å². The monoisotopic (exact) mass is 319 g/mol. The summed E-state index contributed by atoms with van der Waals surface area (Å²) >= 11 is 1.24. The summed E-state index contributed by atoms with van der Waals surface area (Å²) in [5.74, 6) is -1.65. The number of nitrogens with zero attached hydrogens (tertiary/aromatic N) is 2. The number of aryl methyl sites for hydroxylation is 1. The summed E-state index contributed by atoms with van der Waals surface area (Å²) in [5.41, 5.74) is 1.46. The van der Waals surface area contributed by atoms with Crippen LogP contribution in [-0.4, -0.2) is 33.0 Å². The number of thiazole rings is 1. The van der Waals surface area contributed by atoms with Gasteiger partial charge in [0.1, 0.15) is 15.9 Å². The number of carboxylic acid groups (broad SMARTS) is 1. The van der Waals surface area contributed by atoms with E-state index in [9.17, 15) is 9.59 Å². The predicted molar refractivity (Wildman–Crippen MR) is 83.8 cm³/mol. The molecule has 0 aliphatic carbocycles. The Labute approximate surface area is 132 Å². The van der Waals surface area contributed by atoms with E-state index in [0.717, 1.165) is 5.56 Å². The van der Waals surface area contributed by atoms with Gasteiger partial charge in [-0.15, -0.1) is 11.3 Å². The van der Waals surface area contributed by atoms with Crippen molar-refractivity contribution in [1.82, 2.24) is 15.3 Å². The number of aromatic nitrogens is 2. The predicted octanol–water partition coefficient (Wildman–Crippen LogP) is 2.35.